The first-order chi connectivity index (χ1) is 4.30. The first-order valence-electron chi connectivity index (χ1n) is 4.01. The van der Waals surface area contributed by atoms with Crippen LogP contribution in [0.5, 0.6) is 0 Å². The highest BCUT2D eigenvalue weighted by Crippen LogP contribution is 2.19. The Balaban J connectivity index is 2.32. The minimum atomic E-state index is 0.931. The van der Waals surface area contributed by atoms with E-state index in [4.69, 9.17) is 0 Å². The minimum absolute atomic E-state index is 0.931. The molecule has 0 bridgehead atoms. The van der Waals surface area contributed by atoms with Crippen molar-refractivity contribution in [2.45, 2.75) is 26.7 Å². The SMILES string of the molecule is C[C@@H]1CCNCC[C@H]1C. The van der Waals surface area contributed by atoms with Crippen LogP contribution in [0.15, 0.2) is 0 Å². The molecule has 0 aromatic rings. The summed E-state index contributed by atoms with van der Waals surface area (Å²) in [6.45, 7) is 7.17. The zero-order valence-corrected chi connectivity index (χ0v) is 6.48. The molecule has 1 rings (SSSR count). The maximum absolute atomic E-state index is 3.41. The van der Waals surface area contributed by atoms with Gasteiger partial charge in [-0.05, 0) is 37.8 Å². The van der Waals surface area contributed by atoms with Gasteiger partial charge in [-0.3, -0.25) is 0 Å². The molecule has 1 aliphatic heterocycles. The van der Waals surface area contributed by atoms with Gasteiger partial charge in [0.25, 0.3) is 0 Å². The molecule has 1 nitrogen and oxygen atoms in total. The van der Waals surface area contributed by atoms with Gasteiger partial charge in [0.15, 0.2) is 0 Å². The van der Waals surface area contributed by atoms with Crippen LogP contribution in [0.4, 0.5) is 0 Å². The number of nitrogens with one attached hydrogen (secondary N) is 1. The zero-order chi connectivity index (χ0) is 6.69. The summed E-state index contributed by atoms with van der Waals surface area (Å²) in [6.07, 6.45) is 2.72. The van der Waals surface area contributed by atoms with Crippen molar-refractivity contribution in [3.05, 3.63) is 0 Å². The van der Waals surface area contributed by atoms with Crippen LogP contribution in [-0.2, 0) is 0 Å². The van der Waals surface area contributed by atoms with Gasteiger partial charge in [0.05, 0.1) is 0 Å². The second-order valence-corrected chi connectivity index (χ2v) is 3.28. The highest BCUT2D eigenvalue weighted by Gasteiger charge is 2.13. The Labute approximate surface area is 57.8 Å². The lowest BCUT2D eigenvalue weighted by Crippen LogP contribution is -2.13. The smallest absolute Gasteiger partial charge is 0.00463 e. The number of hydrogen-bond acceptors (Lipinski definition) is 1. The van der Waals surface area contributed by atoms with Gasteiger partial charge in [0.1, 0.15) is 0 Å². The average Bonchev–Trinajstić information content (AvgIpc) is 1.99. The van der Waals surface area contributed by atoms with Crippen molar-refractivity contribution in [3.63, 3.8) is 0 Å². The van der Waals surface area contributed by atoms with E-state index in [2.05, 4.69) is 19.2 Å². The molecular weight excluding hydrogens is 110 g/mol. The van der Waals surface area contributed by atoms with E-state index in [0.717, 1.165) is 11.8 Å². The zero-order valence-electron chi connectivity index (χ0n) is 6.48. The second-order valence-electron chi connectivity index (χ2n) is 3.28. The third-order valence-corrected chi connectivity index (χ3v) is 2.52. The maximum Gasteiger partial charge on any atom is -0.00463 e. The molecule has 1 aliphatic rings. The summed E-state index contributed by atoms with van der Waals surface area (Å²) >= 11 is 0. The molecule has 1 saturated heterocycles. The first-order valence-corrected chi connectivity index (χ1v) is 4.01. The molecule has 0 spiro atoms. The predicted molar refractivity (Wildman–Crippen MR) is 40.4 cm³/mol. The largest absolute Gasteiger partial charge is 0.317 e. The van der Waals surface area contributed by atoms with Crippen LogP contribution in [0.3, 0.4) is 0 Å². The summed E-state index contributed by atoms with van der Waals surface area (Å²) in [5.74, 6) is 1.86. The van der Waals surface area contributed by atoms with Crippen LogP contribution < -0.4 is 5.32 Å². The van der Waals surface area contributed by atoms with E-state index in [9.17, 15) is 0 Å². The molecule has 0 aliphatic carbocycles. The number of hydrogen-bond donors (Lipinski definition) is 1. The van der Waals surface area contributed by atoms with Gasteiger partial charge >= 0.3 is 0 Å². The van der Waals surface area contributed by atoms with Gasteiger partial charge in [0, 0.05) is 0 Å². The Morgan fingerprint density at radius 2 is 1.44 bits per heavy atom. The average molecular weight is 127 g/mol. The Morgan fingerprint density at radius 3 is 1.89 bits per heavy atom. The summed E-state index contributed by atoms with van der Waals surface area (Å²) in [5, 5.41) is 3.41. The van der Waals surface area contributed by atoms with Gasteiger partial charge < -0.3 is 5.32 Å². The summed E-state index contributed by atoms with van der Waals surface area (Å²) in [7, 11) is 0. The Kier molecular flexibility index (Phi) is 2.52. The molecule has 0 unspecified atom stereocenters. The van der Waals surface area contributed by atoms with Crippen molar-refractivity contribution in [3.8, 4) is 0 Å². The lowest BCUT2D eigenvalue weighted by Gasteiger charge is -2.14. The highest BCUT2D eigenvalue weighted by atomic mass is 14.9. The molecule has 0 aromatic heterocycles. The van der Waals surface area contributed by atoms with Crippen molar-refractivity contribution < 1.29 is 0 Å². The van der Waals surface area contributed by atoms with Crippen LogP contribution in [-0.4, -0.2) is 13.1 Å². The summed E-state index contributed by atoms with van der Waals surface area (Å²) in [6, 6.07) is 0. The fraction of sp³-hybridized carbons (Fsp3) is 1.00. The molecule has 0 aromatic carbocycles. The third-order valence-electron chi connectivity index (χ3n) is 2.52. The van der Waals surface area contributed by atoms with E-state index in [-0.39, 0.29) is 0 Å². The van der Waals surface area contributed by atoms with Gasteiger partial charge in [-0.1, -0.05) is 13.8 Å². The third kappa shape index (κ3) is 1.98. The van der Waals surface area contributed by atoms with E-state index in [0.29, 0.717) is 0 Å². The predicted octanol–water partition coefficient (Wildman–Crippen LogP) is 1.64. The molecule has 1 heterocycles. The monoisotopic (exact) mass is 127 g/mol. The molecular formula is C8H17N. The van der Waals surface area contributed by atoms with Crippen molar-refractivity contribution in [2.75, 3.05) is 13.1 Å². The standard InChI is InChI=1S/C8H17N/c1-7-3-5-9-6-4-8(7)2/h7-9H,3-6H2,1-2H3/t7-,8-/m1/s1. The molecule has 0 amide bonds. The normalized spacial score (nSPS) is 38.0. The van der Waals surface area contributed by atoms with Crippen molar-refractivity contribution >= 4 is 0 Å². The molecule has 2 atom stereocenters. The second kappa shape index (κ2) is 3.21. The summed E-state index contributed by atoms with van der Waals surface area (Å²) in [5.41, 5.74) is 0. The summed E-state index contributed by atoms with van der Waals surface area (Å²) < 4.78 is 0. The molecule has 9 heavy (non-hydrogen) atoms. The molecule has 1 heteroatoms. The topological polar surface area (TPSA) is 12.0 Å². The van der Waals surface area contributed by atoms with E-state index in [1.807, 2.05) is 0 Å². The van der Waals surface area contributed by atoms with E-state index in [1.54, 1.807) is 0 Å². The van der Waals surface area contributed by atoms with E-state index >= 15 is 0 Å². The molecule has 0 saturated carbocycles. The van der Waals surface area contributed by atoms with Crippen LogP contribution in [0.1, 0.15) is 26.7 Å². The number of rotatable bonds is 0. The van der Waals surface area contributed by atoms with Crippen LogP contribution in [0.2, 0.25) is 0 Å². The van der Waals surface area contributed by atoms with Gasteiger partial charge in [-0.15, -0.1) is 0 Å². The molecule has 0 radical (unpaired) electrons. The van der Waals surface area contributed by atoms with Gasteiger partial charge in [-0.2, -0.15) is 0 Å². The quantitative estimate of drug-likeness (QED) is 0.521. The van der Waals surface area contributed by atoms with Crippen molar-refractivity contribution in [2.24, 2.45) is 11.8 Å². The van der Waals surface area contributed by atoms with Crippen molar-refractivity contribution in [1.82, 2.24) is 5.32 Å². The van der Waals surface area contributed by atoms with Crippen LogP contribution in [0, 0.1) is 11.8 Å². The lowest BCUT2D eigenvalue weighted by molar-refractivity contribution is 0.378. The Morgan fingerprint density at radius 1 is 1.00 bits per heavy atom. The Bertz CT molecular complexity index is 70.6. The fourth-order valence-electron chi connectivity index (χ4n) is 1.35. The van der Waals surface area contributed by atoms with Gasteiger partial charge in [0.2, 0.25) is 0 Å². The lowest BCUT2D eigenvalue weighted by atomic mass is 9.92. The molecule has 54 valence electrons. The minimum Gasteiger partial charge on any atom is -0.317 e. The van der Waals surface area contributed by atoms with E-state index in [1.165, 1.54) is 25.9 Å². The van der Waals surface area contributed by atoms with Crippen LogP contribution >= 0.6 is 0 Å². The maximum atomic E-state index is 3.41. The Hall–Kier alpha value is -0.0400. The van der Waals surface area contributed by atoms with Crippen molar-refractivity contribution in [1.29, 1.82) is 0 Å². The van der Waals surface area contributed by atoms with E-state index < -0.39 is 0 Å². The van der Waals surface area contributed by atoms with Crippen LogP contribution in [0.25, 0.3) is 0 Å². The molecule has 1 fully saturated rings. The fourth-order valence-corrected chi connectivity index (χ4v) is 1.35. The first kappa shape index (κ1) is 7.07. The summed E-state index contributed by atoms with van der Waals surface area (Å²) in [4.78, 5) is 0. The highest BCUT2D eigenvalue weighted by molar-refractivity contribution is 4.68. The van der Waals surface area contributed by atoms with Gasteiger partial charge in [-0.25, -0.2) is 0 Å². The molecule has 1 N–H and O–H groups in total.